The normalized spacial score (nSPS) is 10.4. The van der Waals surface area contributed by atoms with Crippen molar-refractivity contribution in [1.82, 2.24) is 0 Å². The second-order valence-corrected chi connectivity index (χ2v) is 3.76. The zero-order chi connectivity index (χ0) is 10.2. The van der Waals surface area contributed by atoms with Gasteiger partial charge in [-0.3, -0.25) is 0 Å². The number of nitrogens with two attached hydrogens (primary N) is 1. The summed E-state index contributed by atoms with van der Waals surface area (Å²) in [5.41, 5.74) is 8.51. The summed E-state index contributed by atoms with van der Waals surface area (Å²) >= 11 is 0. The minimum atomic E-state index is 0.755. The Balaban J connectivity index is 2.55. The molecule has 1 heteroatoms. The van der Waals surface area contributed by atoms with Gasteiger partial charge in [0.1, 0.15) is 0 Å². The molecule has 0 aliphatic rings. The molecule has 14 heavy (non-hydrogen) atoms. The van der Waals surface area contributed by atoms with Gasteiger partial charge in [0, 0.05) is 0 Å². The molecular formula is C13H21N. The van der Waals surface area contributed by atoms with Crippen molar-refractivity contribution in [1.29, 1.82) is 0 Å². The van der Waals surface area contributed by atoms with E-state index < -0.39 is 0 Å². The van der Waals surface area contributed by atoms with Crippen molar-refractivity contribution in [3.05, 3.63) is 35.4 Å². The first-order valence-corrected chi connectivity index (χ1v) is 5.65. The van der Waals surface area contributed by atoms with Crippen LogP contribution in [0.2, 0.25) is 0 Å². The Morgan fingerprint density at radius 2 is 1.64 bits per heavy atom. The Hall–Kier alpha value is -0.820. The Kier molecular flexibility index (Phi) is 5.31. The van der Waals surface area contributed by atoms with E-state index in [1.54, 1.807) is 0 Å². The molecule has 1 rings (SSSR count). The van der Waals surface area contributed by atoms with E-state index >= 15 is 0 Å². The molecule has 0 bridgehead atoms. The predicted molar refractivity (Wildman–Crippen MR) is 62.4 cm³/mol. The summed E-state index contributed by atoms with van der Waals surface area (Å²) < 4.78 is 0. The maximum atomic E-state index is 5.58. The topological polar surface area (TPSA) is 26.0 Å². The van der Waals surface area contributed by atoms with Crippen molar-refractivity contribution < 1.29 is 0 Å². The molecule has 0 aliphatic heterocycles. The van der Waals surface area contributed by atoms with Gasteiger partial charge in [0.15, 0.2) is 0 Å². The summed E-state index contributed by atoms with van der Waals surface area (Å²) in [6.45, 7) is 3.00. The average molecular weight is 191 g/mol. The highest BCUT2D eigenvalue weighted by Gasteiger charge is 1.99. The highest BCUT2D eigenvalue weighted by Crippen LogP contribution is 2.12. The average Bonchev–Trinajstić information content (AvgIpc) is 2.21. The molecule has 0 spiro atoms. The van der Waals surface area contributed by atoms with Crippen LogP contribution in [0.1, 0.15) is 37.3 Å². The highest BCUT2D eigenvalue weighted by atomic mass is 14.5. The first-order chi connectivity index (χ1) is 6.88. The van der Waals surface area contributed by atoms with E-state index in [0.29, 0.717) is 0 Å². The molecule has 0 amide bonds. The minimum Gasteiger partial charge on any atom is -0.330 e. The minimum absolute atomic E-state index is 0.755. The molecule has 0 heterocycles. The van der Waals surface area contributed by atoms with Crippen LogP contribution < -0.4 is 5.73 Å². The van der Waals surface area contributed by atoms with Crippen molar-refractivity contribution in [2.75, 3.05) is 6.54 Å². The lowest BCUT2D eigenvalue weighted by Gasteiger charge is -2.07. The largest absolute Gasteiger partial charge is 0.330 e. The molecule has 1 aromatic rings. The van der Waals surface area contributed by atoms with E-state index in [1.165, 1.54) is 36.8 Å². The van der Waals surface area contributed by atoms with Crippen LogP contribution in [0.3, 0.4) is 0 Å². The van der Waals surface area contributed by atoms with E-state index in [0.717, 1.165) is 13.0 Å². The molecule has 0 radical (unpaired) electrons. The van der Waals surface area contributed by atoms with Crippen LogP contribution >= 0.6 is 0 Å². The summed E-state index contributed by atoms with van der Waals surface area (Å²) in [5, 5.41) is 0. The van der Waals surface area contributed by atoms with Crippen molar-refractivity contribution in [3.63, 3.8) is 0 Å². The number of aryl methyl sites for hydroxylation is 1. The zero-order valence-corrected chi connectivity index (χ0v) is 9.13. The second kappa shape index (κ2) is 6.61. The summed E-state index contributed by atoms with van der Waals surface area (Å²) in [5.74, 6) is 0. The Morgan fingerprint density at radius 1 is 1.00 bits per heavy atom. The van der Waals surface area contributed by atoms with Crippen LogP contribution in [0.15, 0.2) is 24.3 Å². The van der Waals surface area contributed by atoms with E-state index in [-0.39, 0.29) is 0 Å². The molecule has 0 fully saturated rings. The lowest BCUT2D eigenvalue weighted by Crippen LogP contribution is -2.05. The lowest BCUT2D eigenvalue weighted by atomic mass is 9.99. The summed E-state index contributed by atoms with van der Waals surface area (Å²) in [6.07, 6.45) is 6.15. The van der Waals surface area contributed by atoms with Crippen LogP contribution in [0.4, 0.5) is 0 Å². The Morgan fingerprint density at radius 3 is 2.21 bits per heavy atom. The Labute approximate surface area is 87.3 Å². The first-order valence-electron chi connectivity index (χ1n) is 5.65. The number of hydrogen-bond donors (Lipinski definition) is 1. The van der Waals surface area contributed by atoms with Gasteiger partial charge in [0.05, 0.1) is 0 Å². The number of hydrogen-bond acceptors (Lipinski definition) is 1. The molecule has 0 aromatic heterocycles. The zero-order valence-electron chi connectivity index (χ0n) is 9.13. The molecule has 1 nitrogen and oxygen atoms in total. The predicted octanol–water partition coefficient (Wildman–Crippen LogP) is 2.92. The van der Waals surface area contributed by atoms with Crippen molar-refractivity contribution in [3.8, 4) is 0 Å². The van der Waals surface area contributed by atoms with Crippen LogP contribution in [0.25, 0.3) is 0 Å². The van der Waals surface area contributed by atoms with E-state index in [1.807, 2.05) is 0 Å². The molecule has 0 saturated carbocycles. The van der Waals surface area contributed by atoms with Gasteiger partial charge in [-0.05, 0) is 36.9 Å². The second-order valence-electron chi connectivity index (χ2n) is 3.76. The highest BCUT2D eigenvalue weighted by molar-refractivity contribution is 5.27. The third-order valence-corrected chi connectivity index (χ3v) is 2.58. The lowest BCUT2D eigenvalue weighted by molar-refractivity contribution is 0.712. The molecule has 0 atom stereocenters. The van der Waals surface area contributed by atoms with E-state index in [9.17, 15) is 0 Å². The third kappa shape index (κ3) is 3.51. The van der Waals surface area contributed by atoms with E-state index in [2.05, 4.69) is 31.2 Å². The van der Waals surface area contributed by atoms with Crippen LogP contribution in [-0.2, 0) is 12.8 Å². The van der Waals surface area contributed by atoms with Gasteiger partial charge in [-0.2, -0.15) is 0 Å². The van der Waals surface area contributed by atoms with Crippen molar-refractivity contribution in [2.45, 2.75) is 39.0 Å². The maximum absolute atomic E-state index is 5.58. The third-order valence-electron chi connectivity index (χ3n) is 2.58. The molecular weight excluding hydrogens is 170 g/mol. The summed E-state index contributed by atoms with van der Waals surface area (Å²) in [6, 6.07) is 8.67. The molecule has 0 saturated heterocycles. The maximum Gasteiger partial charge on any atom is -0.00366 e. The standard InChI is InChI=1S/C13H21N/c1-2-3-4-7-12-8-5-6-9-13(12)10-11-14/h5-6,8-9H,2-4,7,10-11,14H2,1H3. The van der Waals surface area contributed by atoms with Crippen molar-refractivity contribution >= 4 is 0 Å². The fraction of sp³-hybridized carbons (Fsp3) is 0.538. The summed E-state index contributed by atoms with van der Waals surface area (Å²) in [7, 11) is 0. The van der Waals surface area contributed by atoms with Gasteiger partial charge in [0.2, 0.25) is 0 Å². The van der Waals surface area contributed by atoms with Crippen molar-refractivity contribution in [2.24, 2.45) is 5.73 Å². The van der Waals surface area contributed by atoms with Gasteiger partial charge in [0.25, 0.3) is 0 Å². The van der Waals surface area contributed by atoms with Gasteiger partial charge in [-0.25, -0.2) is 0 Å². The molecule has 78 valence electrons. The van der Waals surface area contributed by atoms with E-state index in [4.69, 9.17) is 5.73 Å². The molecule has 1 aromatic carbocycles. The fourth-order valence-corrected chi connectivity index (χ4v) is 1.77. The summed E-state index contributed by atoms with van der Waals surface area (Å²) in [4.78, 5) is 0. The van der Waals surface area contributed by atoms with Gasteiger partial charge < -0.3 is 5.73 Å². The van der Waals surface area contributed by atoms with Crippen LogP contribution in [0, 0.1) is 0 Å². The monoisotopic (exact) mass is 191 g/mol. The molecule has 2 N–H and O–H groups in total. The SMILES string of the molecule is CCCCCc1ccccc1CCN. The van der Waals surface area contributed by atoms with Gasteiger partial charge >= 0.3 is 0 Å². The number of benzene rings is 1. The first kappa shape index (κ1) is 11.3. The molecule has 0 unspecified atom stereocenters. The number of rotatable bonds is 6. The molecule has 0 aliphatic carbocycles. The van der Waals surface area contributed by atoms with Gasteiger partial charge in [-0.1, -0.05) is 44.0 Å². The van der Waals surface area contributed by atoms with Crippen LogP contribution in [-0.4, -0.2) is 6.54 Å². The quantitative estimate of drug-likeness (QED) is 0.687. The van der Waals surface area contributed by atoms with Gasteiger partial charge in [-0.15, -0.1) is 0 Å². The fourth-order valence-electron chi connectivity index (χ4n) is 1.77. The Bertz CT molecular complexity index is 255. The van der Waals surface area contributed by atoms with Crippen LogP contribution in [0.5, 0.6) is 0 Å². The number of unbranched alkanes of at least 4 members (excludes halogenated alkanes) is 2. The smallest absolute Gasteiger partial charge is 0.00366 e.